The van der Waals surface area contributed by atoms with E-state index >= 15 is 0 Å². The third kappa shape index (κ3) is 3.71. The van der Waals surface area contributed by atoms with Crippen molar-refractivity contribution < 1.29 is 14.4 Å². The molecule has 0 saturated heterocycles. The highest BCUT2D eigenvalue weighted by Gasteiger charge is 2.34. The molecule has 8 nitrogen and oxygen atoms in total. The molecule has 2 heterocycles. The van der Waals surface area contributed by atoms with Gasteiger partial charge in [-0.3, -0.25) is 23.9 Å². The molecule has 0 atom stereocenters. The summed E-state index contributed by atoms with van der Waals surface area (Å²) in [5.41, 5.74) is 2.38. The molecule has 0 radical (unpaired) electrons. The molecular formula is C21H19N5O3S. The third-order valence-electron chi connectivity index (χ3n) is 4.64. The number of nitrogens with one attached hydrogen (secondary N) is 1. The number of fused-ring (bicyclic) bond motifs is 1. The first-order valence-electron chi connectivity index (χ1n) is 9.34. The largest absolute Gasteiger partial charge is 0.326 e. The molecule has 3 amide bonds. The van der Waals surface area contributed by atoms with Gasteiger partial charge in [-0.15, -0.1) is 10.2 Å². The fourth-order valence-corrected chi connectivity index (χ4v) is 4.25. The average Bonchev–Trinajstić information content (AvgIpc) is 3.20. The zero-order chi connectivity index (χ0) is 21.3. The quantitative estimate of drug-likeness (QED) is 0.486. The Balaban J connectivity index is 1.48. The molecule has 0 fully saturated rings. The van der Waals surface area contributed by atoms with E-state index in [0.717, 1.165) is 5.69 Å². The number of nitrogens with zero attached hydrogens (tertiary/aromatic N) is 4. The number of imide groups is 1. The van der Waals surface area contributed by atoms with Gasteiger partial charge in [0.15, 0.2) is 5.16 Å². The number of hydrogen-bond acceptors (Lipinski definition) is 6. The van der Waals surface area contributed by atoms with Crippen molar-refractivity contribution >= 4 is 35.2 Å². The highest BCUT2D eigenvalue weighted by molar-refractivity contribution is 7.99. The SMILES string of the molecule is CC(=O)Nc1cccc(-n2c(C)nnc2SCCN2C(=O)c3ccccc3C2=O)c1. The summed E-state index contributed by atoms with van der Waals surface area (Å²) >= 11 is 1.41. The topological polar surface area (TPSA) is 97.2 Å². The number of amides is 3. The number of benzene rings is 2. The predicted octanol–water partition coefficient (Wildman–Crippen LogP) is 2.92. The molecular weight excluding hydrogens is 402 g/mol. The standard InChI is InChI=1S/C21H19N5O3S/c1-13-23-24-21(26(13)16-7-5-6-15(12-16)22-14(2)27)30-11-10-25-19(28)17-8-3-4-9-18(17)20(25)29/h3-9,12H,10-11H2,1-2H3,(H,22,27). The van der Waals surface area contributed by atoms with Crippen LogP contribution < -0.4 is 5.32 Å². The van der Waals surface area contributed by atoms with Crippen molar-refractivity contribution in [2.75, 3.05) is 17.6 Å². The normalized spacial score (nSPS) is 12.9. The Morgan fingerprint density at radius 3 is 2.40 bits per heavy atom. The Labute approximate surface area is 177 Å². The number of carbonyl (C=O) groups excluding carboxylic acids is 3. The van der Waals surface area contributed by atoms with E-state index in [4.69, 9.17) is 0 Å². The summed E-state index contributed by atoms with van der Waals surface area (Å²) in [6.45, 7) is 3.57. The molecule has 30 heavy (non-hydrogen) atoms. The van der Waals surface area contributed by atoms with Crippen LogP contribution in [0.5, 0.6) is 0 Å². The summed E-state index contributed by atoms with van der Waals surface area (Å²) in [6.07, 6.45) is 0. The van der Waals surface area contributed by atoms with Crippen LogP contribution in [0.15, 0.2) is 53.7 Å². The Kier molecular flexibility index (Phi) is 5.37. The van der Waals surface area contributed by atoms with E-state index < -0.39 is 0 Å². The molecule has 0 bridgehead atoms. The van der Waals surface area contributed by atoms with Gasteiger partial charge >= 0.3 is 0 Å². The lowest BCUT2D eigenvalue weighted by Gasteiger charge is -2.14. The smallest absolute Gasteiger partial charge is 0.261 e. The molecule has 1 aliphatic rings. The molecule has 1 aliphatic heterocycles. The molecule has 2 aromatic carbocycles. The first-order chi connectivity index (χ1) is 14.5. The van der Waals surface area contributed by atoms with E-state index in [1.165, 1.54) is 23.6 Å². The summed E-state index contributed by atoms with van der Waals surface area (Å²) in [4.78, 5) is 37.6. The van der Waals surface area contributed by atoms with Crippen LogP contribution in [0.2, 0.25) is 0 Å². The zero-order valence-electron chi connectivity index (χ0n) is 16.5. The van der Waals surface area contributed by atoms with E-state index in [2.05, 4.69) is 15.5 Å². The Morgan fingerprint density at radius 1 is 1.03 bits per heavy atom. The Morgan fingerprint density at radius 2 is 1.73 bits per heavy atom. The van der Waals surface area contributed by atoms with E-state index in [0.29, 0.717) is 33.5 Å². The van der Waals surface area contributed by atoms with E-state index in [9.17, 15) is 14.4 Å². The summed E-state index contributed by atoms with van der Waals surface area (Å²) in [5, 5.41) is 11.8. The van der Waals surface area contributed by atoms with Crippen molar-refractivity contribution in [1.82, 2.24) is 19.7 Å². The van der Waals surface area contributed by atoms with Crippen LogP contribution in [0.1, 0.15) is 33.5 Å². The summed E-state index contributed by atoms with van der Waals surface area (Å²) in [5.74, 6) is 0.490. The van der Waals surface area contributed by atoms with Gasteiger partial charge in [0, 0.05) is 24.9 Å². The molecule has 0 aliphatic carbocycles. The summed E-state index contributed by atoms with van der Waals surface area (Å²) < 4.78 is 1.87. The molecule has 0 spiro atoms. The van der Waals surface area contributed by atoms with Gasteiger partial charge < -0.3 is 5.32 Å². The molecule has 1 aromatic heterocycles. The van der Waals surface area contributed by atoms with Crippen LogP contribution in [0.4, 0.5) is 5.69 Å². The van der Waals surface area contributed by atoms with Crippen LogP contribution in [-0.2, 0) is 4.79 Å². The summed E-state index contributed by atoms with van der Waals surface area (Å²) in [6, 6.07) is 14.2. The zero-order valence-corrected chi connectivity index (χ0v) is 17.3. The maximum Gasteiger partial charge on any atom is 0.261 e. The minimum absolute atomic E-state index is 0.150. The van der Waals surface area contributed by atoms with Gasteiger partial charge in [-0.1, -0.05) is 30.0 Å². The lowest BCUT2D eigenvalue weighted by Crippen LogP contribution is -2.31. The van der Waals surface area contributed by atoms with Crippen molar-refractivity contribution in [2.24, 2.45) is 0 Å². The Bertz CT molecular complexity index is 1120. The molecule has 9 heteroatoms. The average molecular weight is 421 g/mol. The Hall–Kier alpha value is -3.46. The van der Waals surface area contributed by atoms with Crippen molar-refractivity contribution in [2.45, 2.75) is 19.0 Å². The summed E-state index contributed by atoms with van der Waals surface area (Å²) in [7, 11) is 0. The van der Waals surface area contributed by atoms with Gasteiger partial charge in [0.05, 0.1) is 16.8 Å². The number of anilines is 1. The third-order valence-corrected chi connectivity index (χ3v) is 5.55. The highest BCUT2D eigenvalue weighted by Crippen LogP contribution is 2.26. The number of hydrogen-bond donors (Lipinski definition) is 1. The van der Waals surface area contributed by atoms with Crippen LogP contribution in [0, 0.1) is 6.92 Å². The van der Waals surface area contributed by atoms with Crippen molar-refractivity contribution in [3.63, 3.8) is 0 Å². The maximum absolute atomic E-state index is 12.5. The second-order valence-electron chi connectivity index (χ2n) is 6.75. The van der Waals surface area contributed by atoms with Gasteiger partial charge in [-0.2, -0.15) is 0 Å². The van der Waals surface area contributed by atoms with Crippen molar-refractivity contribution in [1.29, 1.82) is 0 Å². The van der Waals surface area contributed by atoms with Gasteiger partial charge in [0.25, 0.3) is 11.8 Å². The van der Waals surface area contributed by atoms with E-state index in [1.54, 1.807) is 30.3 Å². The second-order valence-corrected chi connectivity index (χ2v) is 7.81. The van der Waals surface area contributed by atoms with Gasteiger partial charge in [-0.25, -0.2) is 0 Å². The molecule has 1 N–H and O–H groups in total. The number of thioether (sulfide) groups is 1. The first-order valence-corrected chi connectivity index (χ1v) is 10.3. The molecule has 0 saturated carbocycles. The van der Waals surface area contributed by atoms with Gasteiger partial charge in [-0.05, 0) is 37.3 Å². The predicted molar refractivity (Wildman–Crippen MR) is 113 cm³/mol. The van der Waals surface area contributed by atoms with E-state index in [-0.39, 0.29) is 24.3 Å². The lowest BCUT2D eigenvalue weighted by molar-refractivity contribution is -0.114. The molecule has 152 valence electrons. The number of aromatic nitrogens is 3. The number of rotatable bonds is 6. The fraction of sp³-hybridized carbons (Fsp3) is 0.190. The molecule has 4 rings (SSSR count). The maximum atomic E-state index is 12.5. The van der Waals surface area contributed by atoms with Crippen molar-refractivity contribution in [3.8, 4) is 5.69 Å². The fourth-order valence-electron chi connectivity index (χ4n) is 3.33. The van der Waals surface area contributed by atoms with Crippen molar-refractivity contribution in [3.05, 3.63) is 65.5 Å². The van der Waals surface area contributed by atoms with Crippen LogP contribution >= 0.6 is 11.8 Å². The minimum atomic E-state index is -0.267. The minimum Gasteiger partial charge on any atom is -0.326 e. The highest BCUT2D eigenvalue weighted by atomic mass is 32.2. The number of carbonyl (C=O) groups is 3. The van der Waals surface area contributed by atoms with Crippen LogP contribution in [0.25, 0.3) is 5.69 Å². The molecule has 3 aromatic rings. The van der Waals surface area contributed by atoms with E-state index in [1.807, 2.05) is 29.7 Å². The first kappa shape index (κ1) is 19.8. The number of aryl methyl sites for hydroxylation is 1. The van der Waals surface area contributed by atoms with Gasteiger partial charge in [0.1, 0.15) is 5.82 Å². The van der Waals surface area contributed by atoms with Crippen LogP contribution in [-0.4, -0.2) is 49.7 Å². The lowest BCUT2D eigenvalue weighted by atomic mass is 10.1. The molecule has 0 unspecified atom stereocenters. The van der Waals surface area contributed by atoms with Crippen LogP contribution in [0.3, 0.4) is 0 Å². The second kappa shape index (κ2) is 8.11. The monoisotopic (exact) mass is 421 g/mol. The van der Waals surface area contributed by atoms with Gasteiger partial charge in [0.2, 0.25) is 5.91 Å².